The molecule has 0 radical (unpaired) electrons. The molecule has 0 spiro atoms. The molecule has 200 valence electrons. The minimum Gasteiger partial charge on any atom is -0.494 e. The number of benzene rings is 2. The van der Waals surface area contributed by atoms with Crippen LogP contribution >= 0.6 is 11.3 Å². The van der Waals surface area contributed by atoms with Crippen LogP contribution in [0, 0.1) is 0 Å². The number of carbonyl (C=O) groups excluding carboxylic acids is 1. The molecule has 1 aromatic heterocycles. The summed E-state index contributed by atoms with van der Waals surface area (Å²) in [7, 11) is 0. The van der Waals surface area contributed by atoms with Crippen LogP contribution in [0.1, 0.15) is 89.5 Å². The van der Waals surface area contributed by atoms with Crippen molar-refractivity contribution in [2.24, 2.45) is 0 Å². The molecule has 2 N–H and O–H groups in total. The lowest BCUT2D eigenvalue weighted by Gasteiger charge is -2.11. The van der Waals surface area contributed by atoms with Gasteiger partial charge in [-0.2, -0.15) is 4.57 Å². The summed E-state index contributed by atoms with van der Waals surface area (Å²) in [4.78, 5) is 12.6. The molecule has 0 aliphatic carbocycles. The number of aromatic nitrogens is 1. The van der Waals surface area contributed by atoms with E-state index < -0.39 is 0 Å². The lowest BCUT2D eigenvalue weighted by Crippen LogP contribution is -2.31. The highest BCUT2D eigenvalue weighted by Gasteiger charge is 2.11. The van der Waals surface area contributed by atoms with Crippen LogP contribution in [0.15, 0.2) is 65.6 Å². The van der Waals surface area contributed by atoms with Crippen LogP contribution in [0.3, 0.4) is 0 Å². The van der Waals surface area contributed by atoms with Crippen molar-refractivity contribution >= 4 is 28.7 Å². The maximum atomic E-state index is 12.6. The number of hydrogen-bond acceptors (Lipinski definition) is 3. The Bertz CT molecular complexity index is 1010. The van der Waals surface area contributed by atoms with Crippen molar-refractivity contribution in [1.82, 2.24) is 0 Å². The van der Waals surface area contributed by atoms with E-state index in [9.17, 15) is 4.79 Å². The monoisotopic (exact) mass is 522 g/mol. The van der Waals surface area contributed by atoms with Crippen LogP contribution in [0.5, 0.6) is 5.75 Å². The van der Waals surface area contributed by atoms with E-state index in [1.807, 2.05) is 60.1 Å². The fraction of sp³-hybridized carbons (Fsp3) is 0.484. The van der Waals surface area contributed by atoms with Gasteiger partial charge in [0.05, 0.1) is 17.7 Å². The molecule has 0 saturated heterocycles. The van der Waals surface area contributed by atoms with Crippen LogP contribution < -0.4 is 19.9 Å². The first-order valence-corrected chi connectivity index (χ1v) is 15.0. The number of nitrogens with zero attached hydrogens (tertiary/aromatic N) is 1. The van der Waals surface area contributed by atoms with Gasteiger partial charge in [0, 0.05) is 11.3 Å². The average molecular weight is 523 g/mol. The predicted molar refractivity (Wildman–Crippen MR) is 156 cm³/mol. The Hall–Kier alpha value is -2.86. The van der Waals surface area contributed by atoms with Gasteiger partial charge < -0.3 is 15.4 Å². The summed E-state index contributed by atoms with van der Waals surface area (Å²) in [5, 5.41) is 7.92. The molecular formula is C31H44N3O2S+. The molecule has 0 fully saturated rings. The maximum Gasteiger partial charge on any atom is 0.323 e. The van der Waals surface area contributed by atoms with Gasteiger partial charge in [-0.25, -0.2) is 4.79 Å². The molecule has 0 saturated carbocycles. The highest BCUT2D eigenvalue weighted by Crippen LogP contribution is 2.19. The molecule has 0 bridgehead atoms. The van der Waals surface area contributed by atoms with Crippen LogP contribution in [0.2, 0.25) is 0 Å². The number of rotatable bonds is 18. The van der Waals surface area contributed by atoms with Crippen molar-refractivity contribution in [2.45, 2.75) is 90.5 Å². The number of amides is 2. The van der Waals surface area contributed by atoms with E-state index in [2.05, 4.69) is 27.6 Å². The number of urea groups is 1. The van der Waals surface area contributed by atoms with Crippen molar-refractivity contribution in [1.29, 1.82) is 0 Å². The van der Waals surface area contributed by atoms with E-state index in [-0.39, 0.29) is 6.03 Å². The Balaban J connectivity index is 1.26. The van der Waals surface area contributed by atoms with E-state index in [0.29, 0.717) is 6.54 Å². The van der Waals surface area contributed by atoms with Crippen molar-refractivity contribution in [3.8, 4) is 5.75 Å². The minimum absolute atomic E-state index is 0.257. The second-order valence-corrected chi connectivity index (χ2v) is 10.5. The first-order chi connectivity index (χ1) is 18.2. The Kier molecular flexibility index (Phi) is 13.6. The third-order valence-electron chi connectivity index (χ3n) is 6.52. The Morgan fingerprint density at radius 2 is 1.46 bits per heavy atom. The zero-order valence-corrected chi connectivity index (χ0v) is 23.2. The lowest BCUT2D eigenvalue weighted by molar-refractivity contribution is -0.683. The number of ether oxygens (including phenoxy) is 1. The topological polar surface area (TPSA) is 54.2 Å². The van der Waals surface area contributed by atoms with Gasteiger partial charge in [0.2, 0.25) is 5.51 Å². The molecule has 2 aromatic carbocycles. The predicted octanol–water partition coefficient (Wildman–Crippen LogP) is 8.81. The molecule has 3 aromatic rings. The Labute approximate surface area is 227 Å². The lowest BCUT2D eigenvalue weighted by atomic mass is 10.1. The van der Waals surface area contributed by atoms with Crippen LogP contribution in [-0.4, -0.2) is 12.6 Å². The highest BCUT2D eigenvalue weighted by molar-refractivity contribution is 7.07. The standard InChI is InChI=1S/C31H43N3O2S/c1-2-3-4-5-6-7-8-9-10-11-12-15-23-36-29-20-18-28(19-21-29)32-31(35)33-30-17-14-13-16-27(30)25-34-22-24-37-26-34/h13-14,16-22,24,26H,2-12,15,23,25H2,1H3,(H-,32,33,35)/p+1. The number of nitrogens with one attached hydrogen (secondary N) is 2. The number of thiazole rings is 1. The summed E-state index contributed by atoms with van der Waals surface area (Å²) < 4.78 is 7.99. The molecule has 6 heteroatoms. The van der Waals surface area contributed by atoms with Crippen LogP contribution in [0.4, 0.5) is 16.2 Å². The quantitative estimate of drug-likeness (QED) is 0.129. The summed E-state index contributed by atoms with van der Waals surface area (Å²) >= 11 is 1.65. The van der Waals surface area contributed by atoms with Gasteiger partial charge in [-0.05, 0) is 36.8 Å². The van der Waals surface area contributed by atoms with Crippen LogP contribution in [0.25, 0.3) is 0 Å². The number of hydrogen-bond donors (Lipinski definition) is 2. The third kappa shape index (κ3) is 11.8. The van der Waals surface area contributed by atoms with Gasteiger partial charge >= 0.3 is 6.03 Å². The van der Waals surface area contributed by atoms with E-state index in [4.69, 9.17) is 4.74 Å². The fourth-order valence-electron chi connectivity index (χ4n) is 4.38. The van der Waals surface area contributed by atoms with E-state index >= 15 is 0 Å². The smallest absolute Gasteiger partial charge is 0.323 e. The van der Waals surface area contributed by atoms with Gasteiger partial charge in [-0.15, -0.1) is 0 Å². The average Bonchev–Trinajstić information content (AvgIpc) is 3.42. The highest BCUT2D eigenvalue weighted by atomic mass is 32.1. The largest absolute Gasteiger partial charge is 0.494 e. The van der Waals surface area contributed by atoms with Crippen molar-refractivity contribution in [2.75, 3.05) is 17.2 Å². The van der Waals surface area contributed by atoms with Crippen molar-refractivity contribution in [3.63, 3.8) is 0 Å². The normalized spacial score (nSPS) is 10.8. The number of para-hydroxylation sites is 1. The van der Waals surface area contributed by atoms with Crippen molar-refractivity contribution in [3.05, 3.63) is 71.2 Å². The maximum absolute atomic E-state index is 12.6. The zero-order valence-electron chi connectivity index (χ0n) is 22.4. The summed E-state index contributed by atoms with van der Waals surface area (Å²) in [6, 6.07) is 15.2. The minimum atomic E-state index is -0.257. The van der Waals surface area contributed by atoms with Gasteiger partial charge in [-0.3, -0.25) is 0 Å². The SMILES string of the molecule is CCCCCCCCCCCCCCOc1ccc(NC(=O)Nc2ccccc2C[n+]2ccsc2)cc1. The van der Waals surface area contributed by atoms with Gasteiger partial charge in [0.1, 0.15) is 5.75 Å². The first kappa shape index (κ1) is 28.7. The number of carbonyl (C=O) groups is 1. The summed E-state index contributed by atoms with van der Waals surface area (Å²) in [6.07, 6.45) is 18.1. The van der Waals surface area contributed by atoms with E-state index in [1.54, 1.807) is 11.3 Å². The van der Waals surface area contributed by atoms with Crippen LogP contribution in [-0.2, 0) is 6.54 Å². The zero-order chi connectivity index (χ0) is 26.0. The molecule has 2 amide bonds. The van der Waals surface area contributed by atoms with Gasteiger partial charge in [0.15, 0.2) is 12.7 Å². The molecule has 0 unspecified atom stereocenters. The summed E-state index contributed by atoms with van der Waals surface area (Å²) in [6.45, 7) is 3.73. The Morgan fingerprint density at radius 3 is 2.11 bits per heavy atom. The summed E-state index contributed by atoms with van der Waals surface area (Å²) in [5.41, 5.74) is 4.65. The fourth-order valence-corrected chi connectivity index (χ4v) is 4.98. The number of unbranched alkanes of at least 4 members (excludes halogenated alkanes) is 11. The molecule has 1 heterocycles. The third-order valence-corrected chi connectivity index (χ3v) is 7.20. The van der Waals surface area contributed by atoms with Gasteiger partial charge in [-0.1, -0.05) is 107 Å². The molecule has 0 aliphatic rings. The molecule has 0 aliphatic heterocycles. The molecule has 0 atom stereocenters. The summed E-state index contributed by atoms with van der Waals surface area (Å²) in [5.74, 6) is 0.840. The van der Waals surface area contributed by atoms with E-state index in [1.165, 1.54) is 70.6 Å². The van der Waals surface area contributed by atoms with Crippen molar-refractivity contribution < 1.29 is 14.1 Å². The molecule has 3 rings (SSSR count). The second kappa shape index (κ2) is 17.6. The second-order valence-electron chi connectivity index (χ2n) is 9.70. The molecule has 5 nitrogen and oxygen atoms in total. The number of anilines is 2. The molecular weight excluding hydrogens is 478 g/mol. The Morgan fingerprint density at radius 1 is 0.811 bits per heavy atom. The van der Waals surface area contributed by atoms with E-state index in [0.717, 1.165) is 35.7 Å². The van der Waals surface area contributed by atoms with Gasteiger partial charge in [0.25, 0.3) is 0 Å². The first-order valence-electron chi connectivity index (χ1n) is 14.0. The molecule has 37 heavy (non-hydrogen) atoms.